The van der Waals surface area contributed by atoms with Gasteiger partial charge >= 0.3 is 11.9 Å². The number of fused-ring (bicyclic) bond motifs is 2. The van der Waals surface area contributed by atoms with Gasteiger partial charge in [0.25, 0.3) is 0 Å². The molecule has 76 heavy (non-hydrogen) atoms. The van der Waals surface area contributed by atoms with Crippen molar-refractivity contribution in [2.75, 3.05) is 0 Å². The van der Waals surface area contributed by atoms with Crippen LogP contribution in [0.5, 0.6) is 0 Å². The lowest BCUT2D eigenvalue weighted by molar-refractivity contribution is -0.152. The summed E-state index contributed by atoms with van der Waals surface area (Å²) < 4.78 is 51.6. The van der Waals surface area contributed by atoms with Crippen LogP contribution in [0.15, 0.2) is 121 Å². The molecule has 0 saturated carbocycles. The number of cyclic esters (lactones) is 2. The Morgan fingerprint density at radius 3 is 1.30 bits per heavy atom. The Morgan fingerprint density at radius 2 is 0.974 bits per heavy atom. The smallest absolute Gasteiger partial charge is 0.308 e. The van der Waals surface area contributed by atoms with Crippen molar-refractivity contribution in [1.82, 2.24) is 0 Å². The molecule has 11 nitrogen and oxygen atoms in total. The van der Waals surface area contributed by atoms with Gasteiger partial charge in [-0.2, -0.15) is 0 Å². The van der Waals surface area contributed by atoms with Crippen molar-refractivity contribution in [3.8, 4) is 0 Å². The summed E-state index contributed by atoms with van der Waals surface area (Å²) in [5, 5.41) is 0.0307. The first-order valence-electron chi connectivity index (χ1n) is 26.8. The molecule has 0 spiro atoms. The number of carbonyl (C=O) groups excluding carboxylic acids is 3. The third kappa shape index (κ3) is 17.5. The van der Waals surface area contributed by atoms with E-state index in [9.17, 15) is 14.4 Å². The zero-order chi connectivity index (χ0) is 54.9. The molecule has 4 aliphatic rings. The summed E-state index contributed by atoms with van der Waals surface area (Å²) >= 11 is 0. The van der Waals surface area contributed by atoms with Crippen molar-refractivity contribution in [1.29, 1.82) is 0 Å². The maximum atomic E-state index is 13.2. The van der Waals surface area contributed by atoms with Crippen molar-refractivity contribution >= 4 is 34.9 Å². The number of carbonyl (C=O) groups is 3. The van der Waals surface area contributed by atoms with E-state index in [1.54, 1.807) is 6.08 Å². The van der Waals surface area contributed by atoms with Gasteiger partial charge in [-0.15, -0.1) is 0 Å². The predicted octanol–water partition coefficient (Wildman–Crippen LogP) is 15.6. The largest absolute Gasteiger partial charge is 0.457 e. The molecule has 0 amide bonds. The Balaban J connectivity index is 0.000000390. The van der Waals surface area contributed by atoms with Gasteiger partial charge in [-0.1, -0.05) is 174 Å². The molecule has 0 bridgehead atoms. The van der Waals surface area contributed by atoms with Crippen molar-refractivity contribution in [2.24, 2.45) is 11.8 Å². The maximum absolute atomic E-state index is 13.2. The fourth-order valence-corrected chi connectivity index (χ4v) is 12.1. The van der Waals surface area contributed by atoms with E-state index in [1.165, 1.54) is 6.08 Å². The minimum absolute atomic E-state index is 0. The molecular formula is C63H98O11Si2. The average Bonchev–Trinajstić information content (AvgIpc) is 3.84. The number of benzene rings is 2. The normalized spacial score (nSPS) is 32.2. The standard InChI is InChI=1S/C31H46O5Si.C30H44O6Si.2CH4/c1-10-14-22(2)28-23(3)17-18-26-31(7,35-29(33-26)24-15-12-11-13-16-24)20-19-25(21-27(32)34-28)36-37(8,9)30(4,5)6;1-21-14-15-25-30(6,35-28(33-25)23-12-10-9-11-13-23)18-16-24(36-37(7,8)29(3,4)5)20-26(32)34-27(21)22(2)17-19-31;;/h10-18,23,25-26,28-29H,1,19-21H2,2-9H3;9-15,17,19,21,24-25,27-28H,16,18,20H2,1-8H3;2*1H4/b18-17+,22-14+;15-14+,22-17+;;/t23-,25?,26-,28+,29?,31+;21-,24?,25-,27-,28?,30+;;/m00../s1. The average molecular weight is 1090 g/mol. The molecule has 424 valence electrons. The summed E-state index contributed by atoms with van der Waals surface area (Å²) in [5.41, 5.74) is 2.46. The highest BCUT2D eigenvalue weighted by Crippen LogP contribution is 2.46. The van der Waals surface area contributed by atoms with Crippen LogP contribution in [-0.2, 0) is 51.7 Å². The van der Waals surface area contributed by atoms with E-state index in [1.807, 2.05) is 99.7 Å². The van der Waals surface area contributed by atoms with Crippen molar-refractivity contribution < 1.29 is 51.7 Å². The van der Waals surface area contributed by atoms with Gasteiger partial charge < -0.3 is 37.3 Å². The van der Waals surface area contributed by atoms with E-state index >= 15 is 0 Å². The third-order valence-corrected chi connectivity index (χ3v) is 25.2. The Labute approximate surface area is 461 Å². The topological polar surface area (TPSA) is 125 Å². The SMILES string of the molecule is C.C.C/C(=C\C=O)[C@H]1OC(=O)CC(O[Si](C)(C)C(C)(C)C)CC[C@@]2(C)OC(c3ccccc3)O[C@H]2/C=C/[C@@H]1C.C=C/C=C(\C)[C@H]1OC(=O)CC(O[Si](C)(C)C(C)(C)C)CC[C@@]2(C)OC(c3ccccc3)O[C@H]2/C=C/[C@@H]1C. The maximum Gasteiger partial charge on any atom is 0.308 e. The van der Waals surface area contributed by atoms with Gasteiger partial charge in [-0.3, -0.25) is 14.4 Å². The Hall–Kier alpha value is -4.06. The second-order valence-corrected chi connectivity index (χ2v) is 34.0. The highest BCUT2D eigenvalue weighted by atomic mass is 28.4. The lowest BCUT2D eigenvalue weighted by Gasteiger charge is -2.40. The molecule has 2 fully saturated rings. The molecule has 4 heterocycles. The minimum Gasteiger partial charge on any atom is -0.457 e. The van der Waals surface area contributed by atoms with Gasteiger partial charge in [0, 0.05) is 23.0 Å². The number of rotatable bonds is 10. The number of allylic oxidation sites excluding steroid dienone is 3. The quantitative estimate of drug-likeness (QED) is 0.0564. The number of hydrogen-bond acceptors (Lipinski definition) is 11. The van der Waals surface area contributed by atoms with Crippen LogP contribution in [0.2, 0.25) is 36.3 Å². The van der Waals surface area contributed by atoms with Gasteiger partial charge in [0.15, 0.2) is 29.2 Å². The highest BCUT2D eigenvalue weighted by molar-refractivity contribution is 6.74. The Morgan fingerprint density at radius 1 is 0.618 bits per heavy atom. The van der Waals surface area contributed by atoms with Crippen LogP contribution in [0, 0.1) is 11.8 Å². The van der Waals surface area contributed by atoms with E-state index in [4.69, 9.17) is 37.3 Å². The van der Waals surface area contributed by atoms with Crippen molar-refractivity contribution in [3.63, 3.8) is 0 Å². The Kier molecular flexibility index (Phi) is 24.1. The Bertz CT molecular complexity index is 2150. The first kappa shape index (κ1) is 66.2. The molecular weight excluding hydrogens is 989 g/mol. The first-order valence-corrected chi connectivity index (χ1v) is 32.6. The molecule has 6 rings (SSSR count). The third-order valence-electron chi connectivity index (χ3n) is 16.1. The molecule has 4 aliphatic heterocycles. The van der Waals surface area contributed by atoms with Crippen LogP contribution in [0.3, 0.4) is 0 Å². The van der Waals surface area contributed by atoms with Gasteiger partial charge in [0.05, 0.1) is 36.3 Å². The number of hydrogen-bond donors (Lipinski definition) is 0. The zero-order valence-corrected chi connectivity index (χ0v) is 49.6. The summed E-state index contributed by atoms with van der Waals surface area (Å²) in [7, 11) is -4.27. The van der Waals surface area contributed by atoms with E-state index in [-0.39, 0.29) is 86.0 Å². The number of ether oxygens (including phenoxy) is 6. The number of esters is 2. The lowest BCUT2D eigenvalue weighted by Crippen LogP contribution is -2.45. The van der Waals surface area contributed by atoms with E-state index in [0.29, 0.717) is 31.3 Å². The minimum atomic E-state index is -2.15. The molecule has 0 aromatic heterocycles. The van der Waals surface area contributed by atoms with Crippen molar-refractivity contribution in [2.45, 2.75) is 233 Å². The first-order chi connectivity index (χ1) is 34.5. The second kappa shape index (κ2) is 27.7. The van der Waals surface area contributed by atoms with Crippen LogP contribution in [-0.4, -0.2) is 82.7 Å². The van der Waals surface area contributed by atoms with Crippen LogP contribution in [0.1, 0.15) is 160 Å². The van der Waals surface area contributed by atoms with Gasteiger partial charge in [0.1, 0.15) is 30.7 Å². The number of aldehydes is 1. The van der Waals surface area contributed by atoms with Gasteiger partial charge in [0.2, 0.25) is 0 Å². The van der Waals surface area contributed by atoms with Crippen LogP contribution in [0.4, 0.5) is 0 Å². The van der Waals surface area contributed by atoms with E-state index in [2.05, 4.69) is 107 Å². The van der Waals surface area contributed by atoms with Crippen LogP contribution < -0.4 is 0 Å². The fraction of sp³-hybridized carbons (Fsp3) is 0.603. The molecule has 13 heteroatoms. The zero-order valence-electron chi connectivity index (χ0n) is 47.6. The fourth-order valence-electron chi connectivity index (χ4n) is 9.35. The second-order valence-electron chi connectivity index (χ2n) is 24.4. The van der Waals surface area contributed by atoms with Crippen LogP contribution >= 0.6 is 0 Å². The molecule has 2 saturated heterocycles. The van der Waals surface area contributed by atoms with E-state index in [0.717, 1.165) is 23.0 Å². The summed E-state index contributed by atoms with van der Waals surface area (Å²) in [6, 6.07) is 20.0. The molecule has 12 atom stereocenters. The summed E-state index contributed by atoms with van der Waals surface area (Å²) in [5.74, 6) is -0.773. The van der Waals surface area contributed by atoms with Crippen LogP contribution in [0.25, 0.3) is 0 Å². The summed E-state index contributed by atoms with van der Waals surface area (Å²) in [6.45, 7) is 37.9. The highest BCUT2D eigenvalue weighted by Gasteiger charge is 2.49. The van der Waals surface area contributed by atoms with E-state index < -0.39 is 52.6 Å². The molecule has 0 N–H and O–H groups in total. The molecule has 4 unspecified atom stereocenters. The lowest BCUT2D eigenvalue weighted by atomic mass is 9.89. The molecule has 0 radical (unpaired) electrons. The molecule has 0 aliphatic carbocycles. The summed E-state index contributed by atoms with van der Waals surface area (Å²) in [6.07, 6.45) is 14.1. The molecule has 2 aromatic rings. The van der Waals surface area contributed by atoms with Gasteiger partial charge in [-0.05, 0) is 107 Å². The van der Waals surface area contributed by atoms with Gasteiger partial charge in [-0.25, -0.2) is 0 Å². The predicted molar refractivity (Wildman–Crippen MR) is 313 cm³/mol. The van der Waals surface area contributed by atoms with Crippen molar-refractivity contribution in [3.05, 3.63) is 132 Å². The monoisotopic (exact) mass is 1090 g/mol. The molecule has 2 aromatic carbocycles. The summed E-state index contributed by atoms with van der Waals surface area (Å²) in [4.78, 5) is 37.6.